The molecular weight excluding hydrogens is 340 g/mol. The minimum atomic E-state index is -0.690. The predicted molar refractivity (Wildman–Crippen MR) is 99.0 cm³/mol. The number of hydrogen-bond donors (Lipinski definition) is 3. The molecule has 2 aliphatic rings. The van der Waals surface area contributed by atoms with Crippen LogP contribution in [0.4, 0.5) is 0 Å². The Morgan fingerprint density at radius 2 is 2.16 bits per heavy atom. The molecule has 0 aliphatic carbocycles. The van der Waals surface area contributed by atoms with Gasteiger partial charge in [0.1, 0.15) is 12.1 Å². The molecule has 0 unspecified atom stereocenters. The first-order valence-corrected chi connectivity index (χ1v) is 10.4. The molecule has 7 nitrogen and oxygen atoms in total. The number of rotatable bonds is 9. The van der Waals surface area contributed by atoms with E-state index in [9.17, 15) is 14.4 Å². The van der Waals surface area contributed by atoms with Crippen LogP contribution in [0, 0.1) is 11.8 Å². The summed E-state index contributed by atoms with van der Waals surface area (Å²) in [5, 5.41) is 6.01. The number of nitrogens with zero attached hydrogens (tertiary/aromatic N) is 1. The average Bonchev–Trinajstić information content (AvgIpc) is 3.11. The van der Waals surface area contributed by atoms with E-state index < -0.39 is 18.0 Å². The third-order valence-electron chi connectivity index (χ3n) is 4.98. The van der Waals surface area contributed by atoms with Gasteiger partial charge in [-0.2, -0.15) is 11.8 Å². The Bertz CT molecular complexity index is 514. The summed E-state index contributed by atoms with van der Waals surface area (Å²) in [6.07, 6.45) is 3.97. The molecule has 142 valence electrons. The lowest BCUT2D eigenvalue weighted by Gasteiger charge is -2.30. The van der Waals surface area contributed by atoms with Gasteiger partial charge in [-0.25, -0.2) is 0 Å². The van der Waals surface area contributed by atoms with Crippen LogP contribution < -0.4 is 16.4 Å². The van der Waals surface area contributed by atoms with Crippen molar-refractivity contribution in [2.75, 3.05) is 25.1 Å². The first-order chi connectivity index (χ1) is 11.8. The van der Waals surface area contributed by atoms with Gasteiger partial charge >= 0.3 is 0 Å². The molecule has 2 saturated heterocycles. The van der Waals surface area contributed by atoms with Crippen LogP contribution >= 0.6 is 11.8 Å². The number of amides is 3. The van der Waals surface area contributed by atoms with Gasteiger partial charge in [-0.05, 0) is 43.7 Å². The van der Waals surface area contributed by atoms with E-state index in [1.54, 1.807) is 16.7 Å². The maximum atomic E-state index is 12.9. The Morgan fingerprint density at radius 1 is 1.44 bits per heavy atom. The lowest BCUT2D eigenvalue weighted by Crippen LogP contribution is -2.54. The van der Waals surface area contributed by atoms with E-state index in [0.29, 0.717) is 19.4 Å². The molecular formula is C17H30N4O3S. The molecule has 0 aromatic heterocycles. The van der Waals surface area contributed by atoms with Crippen LogP contribution in [0.25, 0.3) is 0 Å². The molecule has 2 aliphatic heterocycles. The molecule has 3 amide bonds. The second-order valence-electron chi connectivity index (χ2n) is 7.36. The summed E-state index contributed by atoms with van der Waals surface area (Å²) in [5.41, 5.74) is 5.43. The number of nitrogens with one attached hydrogen (secondary N) is 2. The maximum Gasteiger partial charge on any atom is 0.243 e. The summed E-state index contributed by atoms with van der Waals surface area (Å²) >= 11 is 1.60. The summed E-state index contributed by atoms with van der Waals surface area (Å²) in [4.78, 5) is 38.9. The topological polar surface area (TPSA) is 105 Å². The Balaban J connectivity index is 2.09. The molecule has 4 atom stereocenters. The van der Waals surface area contributed by atoms with Crippen molar-refractivity contribution in [2.24, 2.45) is 17.6 Å². The monoisotopic (exact) mass is 370 g/mol. The van der Waals surface area contributed by atoms with Gasteiger partial charge < -0.3 is 21.3 Å². The van der Waals surface area contributed by atoms with E-state index in [1.807, 2.05) is 20.1 Å². The van der Waals surface area contributed by atoms with Crippen LogP contribution in [0.3, 0.4) is 0 Å². The van der Waals surface area contributed by atoms with E-state index >= 15 is 0 Å². The number of fused-ring (bicyclic) bond motifs is 1. The van der Waals surface area contributed by atoms with E-state index in [4.69, 9.17) is 5.73 Å². The molecule has 4 N–H and O–H groups in total. The summed E-state index contributed by atoms with van der Waals surface area (Å²) in [5.74, 6) is 0.472. The summed E-state index contributed by atoms with van der Waals surface area (Å²) in [6, 6.07) is -1.40. The van der Waals surface area contributed by atoms with Crippen molar-refractivity contribution >= 4 is 29.5 Å². The van der Waals surface area contributed by atoms with Gasteiger partial charge in [-0.3, -0.25) is 14.4 Å². The third kappa shape index (κ3) is 4.88. The van der Waals surface area contributed by atoms with Crippen LogP contribution in [0.15, 0.2) is 0 Å². The highest BCUT2D eigenvalue weighted by Crippen LogP contribution is 2.29. The lowest BCUT2D eigenvalue weighted by atomic mass is 10.0. The maximum absolute atomic E-state index is 12.9. The van der Waals surface area contributed by atoms with Gasteiger partial charge in [0, 0.05) is 12.5 Å². The zero-order valence-electron chi connectivity index (χ0n) is 15.3. The Labute approximate surface area is 153 Å². The van der Waals surface area contributed by atoms with E-state index in [1.165, 1.54) is 0 Å². The quantitative estimate of drug-likeness (QED) is 0.528. The Hall–Kier alpha value is -1.28. The minimum absolute atomic E-state index is 0.00281. The van der Waals surface area contributed by atoms with Gasteiger partial charge in [0.25, 0.3) is 0 Å². The number of carbonyl (C=O) groups excluding carboxylic acids is 3. The third-order valence-corrected chi connectivity index (χ3v) is 5.62. The molecule has 0 radical (unpaired) electrons. The van der Waals surface area contributed by atoms with Crippen molar-refractivity contribution in [2.45, 2.75) is 51.2 Å². The van der Waals surface area contributed by atoms with Crippen LogP contribution in [-0.2, 0) is 14.4 Å². The molecule has 0 spiro atoms. The largest absolute Gasteiger partial charge is 0.368 e. The Morgan fingerprint density at radius 3 is 2.72 bits per heavy atom. The number of hydrogen-bond acceptors (Lipinski definition) is 5. The fraction of sp³-hybridized carbons (Fsp3) is 0.824. The van der Waals surface area contributed by atoms with Crippen molar-refractivity contribution in [1.29, 1.82) is 0 Å². The average molecular weight is 371 g/mol. The van der Waals surface area contributed by atoms with Crippen molar-refractivity contribution in [3.05, 3.63) is 0 Å². The van der Waals surface area contributed by atoms with Crippen molar-refractivity contribution in [3.63, 3.8) is 0 Å². The van der Waals surface area contributed by atoms with Crippen molar-refractivity contribution < 1.29 is 14.4 Å². The fourth-order valence-corrected chi connectivity index (χ4v) is 4.13. The summed E-state index contributed by atoms with van der Waals surface area (Å²) in [6.45, 7) is 5.51. The van der Waals surface area contributed by atoms with E-state index in [0.717, 1.165) is 18.7 Å². The standard InChI is InChI=1S/C17H30N4O3S/c1-10(2)8-13(16(23)20-12(15(18)22)5-7-25-3)21-9-11-4-6-19-14(11)17(21)24/h10-14,19H,4-9H2,1-3H3,(H2,18,22)(H,20,23)/t11-,12-,13-,14-/m0/s1. The predicted octanol–water partition coefficient (Wildman–Crippen LogP) is -0.0554. The van der Waals surface area contributed by atoms with Crippen LogP contribution in [0.1, 0.15) is 33.1 Å². The van der Waals surface area contributed by atoms with Gasteiger partial charge in [0.15, 0.2) is 0 Å². The fourth-order valence-electron chi connectivity index (χ4n) is 3.66. The summed E-state index contributed by atoms with van der Waals surface area (Å²) in [7, 11) is 0. The second-order valence-corrected chi connectivity index (χ2v) is 8.35. The highest BCUT2D eigenvalue weighted by molar-refractivity contribution is 7.98. The smallest absolute Gasteiger partial charge is 0.243 e. The molecule has 0 saturated carbocycles. The van der Waals surface area contributed by atoms with Crippen molar-refractivity contribution in [3.8, 4) is 0 Å². The number of nitrogens with two attached hydrogens (primary N) is 1. The normalized spacial score (nSPS) is 25.1. The zero-order chi connectivity index (χ0) is 18.6. The number of thioether (sulfide) groups is 1. The molecule has 2 rings (SSSR count). The first-order valence-electron chi connectivity index (χ1n) is 8.97. The number of carbonyl (C=O) groups is 3. The molecule has 8 heteroatoms. The van der Waals surface area contributed by atoms with Gasteiger partial charge in [-0.15, -0.1) is 0 Å². The van der Waals surface area contributed by atoms with Crippen molar-refractivity contribution in [1.82, 2.24) is 15.5 Å². The van der Waals surface area contributed by atoms with Gasteiger partial charge in [0.2, 0.25) is 17.7 Å². The minimum Gasteiger partial charge on any atom is -0.368 e. The van der Waals surface area contributed by atoms with E-state index in [-0.39, 0.29) is 29.7 Å². The highest BCUT2D eigenvalue weighted by Gasteiger charge is 2.47. The van der Waals surface area contributed by atoms with Gasteiger partial charge in [0.05, 0.1) is 6.04 Å². The molecule has 25 heavy (non-hydrogen) atoms. The molecule has 0 aromatic rings. The molecule has 0 bridgehead atoms. The highest BCUT2D eigenvalue weighted by atomic mass is 32.2. The SMILES string of the molecule is CSCC[C@H](NC(=O)[C@H](CC(C)C)N1C[C@@H]2CCN[C@@H]2C1=O)C(N)=O. The molecule has 2 heterocycles. The lowest BCUT2D eigenvalue weighted by molar-refractivity contribution is -0.140. The number of likely N-dealkylation sites (tertiary alicyclic amines) is 1. The van der Waals surface area contributed by atoms with Crippen LogP contribution in [0.5, 0.6) is 0 Å². The number of primary amides is 1. The van der Waals surface area contributed by atoms with Crippen LogP contribution in [-0.4, -0.2) is 65.8 Å². The van der Waals surface area contributed by atoms with Gasteiger partial charge in [-0.1, -0.05) is 13.8 Å². The summed E-state index contributed by atoms with van der Waals surface area (Å²) < 4.78 is 0. The second kappa shape index (κ2) is 8.89. The molecule has 0 aromatic carbocycles. The van der Waals surface area contributed by atoms with Crippen LogP contribution in [0.2, 0.25) is 0 Å². The first kappa shape index (κ1) is 20.0. The van der Waals surface area contributed by atoms with E-state index in [2.05, 4.69) is 10.6 Å². The Kier molecular flexibility index (Phi) is 7.13. The molecule has 2 fully saturated rings. The zero-order valence-corrected chi connectivity index (χ0v) is 16.1.